The van der Waals surface area contributed by atoms with E-state index in [1.165, 1.54) is 6.07 Å². The Labute approximate surface area is 85.3 Å². The van der Waals surface area contributed by atoms with Gasteiger partial charge in [-0.1, -0.05) is 5.16 Å². The van der Waals surface area contributed by atoms with Crippen LogP contribution in [0.25, 0.3) is 0 Å². The van der Waals surface area contributed by atoms with Crippen LogP contribution in [0.3, 0.4) is 0 Å². The summed E-state index contributed by atoms with van der Waals surface area (Å²) >= 11 is 0. The first-order chi connectivity index (χ1) is 7.24. The molecule has 2 aromatic heterocycles. The molecule has 0 fully saturated rings. The monoisotopic (exact) mass is 208 g/mol. The largest absolute Gasteiger partial charge is 0.363 e. The number of halogens is 1. The second-order valence-electron chi connectivity index (χ2n) is 3.01. The molecule has 2 rings (SSSR count). The van der Waals surface area contributed by atoms with Crippen molar-refractivity contribution in [3.8, 4) is 0 Å². The van der Waals surface area contributed by atoms with Crippen molar-refractivity contribution in [1.82, 2.24) is 15.1 Å². The number of nitrogens with zero attached hydrogens (tertiary/aromatic N) is 3. The Hall–Kier alpha value is -1.98. The molecule has 0 saturated heterocycles. The van der Waals surface area contributed by atoms with Crippen molar-refractivity contribution >= 4 is 5.82 Å². The van der Waals surface area contributed by atoms with Crippen molar-refractivity contribution in [1.29, 1.82) is 0 Å². The molecular formula is C9H9FN4O. The Morgan fingerprint density at radius 2 is 2.27 bits per heavy atom. The molecule has 0 aliphatic rings. The fourth-order valence-electron chi connectivity index (χ4n) is 1.11. The van der Waals surface area contributed by atoms with Gasteiger partial charge in [0.05, 0.1) is 12.2 Å². The van der Waals surface area contributed by atoms with Crippen molar-refractivity contribution in [2.75, 3.05) is 5.32 Å². The molecule has 0 aliphatic carbocycles. The van der Waals surface area contributed by atoms with E-state index in [0.717, 1.165) is 12.0 Å². The van der Waals surface area contributed by atoms with Gasteiger partial charge in [0.15, 0.2) is 5.76 Å². The highest BCUT2D eigenvalue weighted by atomic mass is 19.1. The molecule has 0 saturated carbocycles. The summed E-state index contributed by atoms with van der Waals surface area (Å²) in [5, 5.41) is 6.61. The van der Waals surface area contributed by atoms with E-state index in [0.29, 0.717) is 18.1 Å². The lowest BCUT2D eigenvalue weighted by molar-refractivity contribution is 0.384. The van der Waals surface area contributed by atoms with Gasteiger partial charge in [-0.15, -0.1) is 0 Å². The van der Waals surface area contributed by atoms with Crippen LogP contribution in [0.2, 0.25) is 0 Å². The second-order valence-corrected chi connectivity index (χ2v) is 3.01. The lowest BCUT2D eigenvalue weighted by Gasteiger charge is -2.01. The highest BCUT2D eigenvalue weighted by Crippen LogP contribution is 2.07. The van der Waals surface area contributed by atoms with Crippen LogP contribution in [-0.2, 0) is 6.54 Å². The minimum absolute atomic E-state index is 0.413. The lowest BCUT2D eigenvalue weighted by Crippen LogP contribution is -2.01. The van der Waals surface area contributed by atoms with E-state index < -0.39 is 5.95 Å². The van der Waals surface area contributed by atoms with E-state index in [4.69, 9.17) is 4.52 Å². The number of aromatic nitrogens is 3. The molecule has 0 unspecified atom stereocenters. The first-order valence-electron chi connectivity index (χ1n) is 4.37. The minimum atomic E-state index is -0.568. The molecule has 0 radical (unpaired) electrons. The van der Waals surface area contributed by atoms with Crippen LogP contribution in [0.15, 0.2) is 23.0 Å². The summed E-state index contributed by atoms with van der Waals surface area (Å²) in [4.78, 5) is 7.18. The highest BCUT2D eigenvalue weighted by molar-refractivity contribution is 5.32. The number of rotatable bonds is 3. The Balaban J connectivity index is 1.99. The standard InChI is InChI=1S/C9H9FN4O/c1-6-2-7(15-14-6)4-11-9-3-8(10)12-5-13-9/h2-3,5H,4H2,1H3,(H,11,12,13). The zero-order chi connectivity index (χ0) is 10.7. The summed E-state index contributed by atoms with van der Waals surface area (Å²) in [6, 6.07) is 3.01. The molecule has 15 heavy (non-hydrogen) atoms. The molecule has 0 bridgehead atoms. The van der Waals surface area contributed by atoms with Gasteiger partial charge in [0.2, 0.25) is 5.95 Å². The summed E-state index contributed by atoms with van der Waals surface area (Å²) in [7, 11) is 0. The average molecular weight is 208 g/mol. The molecule has 78 valence electrons. The maximum Gasteiger partial charge on any atom is 0.217 e. The van der Waals surface area contributed by atoms with Gasteiger partial charge in [0.25, 0.3) is 0 Å². The van der Waals surface area contributed by atoms with Crippen LogP contribution >= 0.6 is 0 Å². The van der Waals surface area contributed by atoms with Crippen LogP contribution in [0.5, 0.6) is 0 Å². The van der Waals surface area contributed by atoms with Crippen LogP contribution in [0.1, 0.15) is 11.5 Å². The molecule has 6 heteroatoms. The molecule has 0 atom stereocenters. The lowest BCUT2D eigenvalue weighted by atomic mass is 10.4. The van der Waals surface area contributed by atoms with Gasteiger partial charge in [-0.2, -0.15) is 4.39 Å². The van der Waals surface area contributed by atoms with Gasteiger partial charge < -0.3 is 9.84 Å². The third kappa shape index (κ3) is 2.49. The van der Waals surface area contributed by atoms with E-state index in [9.17, 15) is 4.39 Å². The summed E-state index contributed by atoms with van der Waals surface area (Å²) in [6.45, 7) is 2.24. The molecule has 0 aromatic carbocycles. The smallest absolute Gasteiger partial charge is 0.217 e. The van der Waals surface area contributed by atoms with Gasteiger partial charge in [-0.05, 0) is 6.92 Å². The van der Waals surface area contributed by atoms with Crippen LogP contribution in [0, 0.1) is 12.9 Å². The molecule has 0 amide bonds. The normalized spacial score (nSPS) is 10.3. The molecule has 5 nitrogen and oxygen atoms in total. The summed E-state index contributed by atoms with van der Waals surface area (Å²) < 4.78 is 17.6. The third-order valence-electron chi connectivity index (χ3n) is 1.75. The van der Waals surface area contributed by atoms with E-state index in [-0.39, 0.29) is 0 Å². The fraction of sp³-hybridized carbons (Fsp3) is 0.222. The van der Waals surface area contributed by atoms with E-state index >= 15 is 0 Å². The quantitative estimate of drug-likeness (QED) is 0.775. The van der Waals surface area contributed by atoms with Crippen LogP contribution < -0.4 is 5.32 Å². The number of nitrogens with one attached hydrogen (secondary N) is 1. The van der Waals surface area contributed by atoms with Gasteiger partial charge in [-0.3, -0.25) is 0 Å². The van der Waals surface area contributed by atoms with E-state index in [1.807, 2.05) is 6.92 Å². The van der Waals surface area contributed by atoms with Gasteiger partial charge in [-0.25, -0.2) is 9.97 Å². The molecular weight excluding hydrogens is 199 g/mol. The van der Waals surface area contributed by atoms with Gasteiger partial charge >= 0.3 is 0 Å². The zero-order valence-corrected chi connectivity index (χ0v) is 8.07. The number of anilines is 1. The van der Waals surface area contributed by atoms with E-state index in [2.05, 4.69) is 20.4 Å². The Kier molecular flexibility index (Phi) is 2.57. The van der Waals surface area contributed by atoms with Crippen molar-refractivity contribution in [3.63, 3.8) is 0 Å². The zero-order valence-electron chi connectivity index (χ0n) is 8.07. The predicted molar refractivity (Wildman–Crippen MR) is 50.6 cm³/mol. The first kappa shape index (κ1) is 9.57. The number of hydrogen-bond acceptors (Lipinski definition) is 5. The summed E-state index contributed by atoms with van der Waals surface area (Å²) in [6.07, 6.45) is 1.16. The predicted octanol–water partition coefficient (Wildman–Crippen LogP) is 1.52. The summed E-state index contributed by atoms with van der Waals surface area (Å²) in [5.74, 6) is 0.518. The van der Waals surface area contributed by atoms with Crippen molar-refractivity contribution in [2.24, 2.45) is 0 Å². The number of aryl methyl sites for hydroxylation is 1. The maximum atomic E-state index is 12.7. The van der Waals surface area contributed by atoms with Crippen molar-refractivity contribution in [2.45, 2.75) is 13.5 Å². The Bertz CT molecular complexity index is 457. The molecule has 2 aromatic rings. The SMILES string of the molecule is Cc1cc(CNc2cc(F)ncn2)on1. The van der Waals surface area contributed by atoms with Crippen LogP contribution in [0.4, 0.5) is 10.2 Å². The summed E-state index contributed by atoms with van der Waals surface area (Å²) in [5.41, 5.74) is 0.806. The highest BCUT2D eigenvalue weighted by Gasteiger charge is 2.01. The Morgan fingerprint density at radius 1 is 1.40 bits per heavy atom. The van der Waals surface area contributed by atoms with Crippen molar-refractivity contribution in [3.05, 3.63) is 35.9 Å². The molecule has 0 spiro atoms. The number of hydrogen-bond donors (Lipinski definition) is 1. The second kappa shape index (κ2) is 4.04. The van der Waals surface area contributed by atoms with E-state index in [1.54, 1.807) is 6.07 Å². The topological polar surface area (TPSA) is 63.8 Å². The maximum absolute atomic E-state index is 12.7. The fourth-order valence-corrected chi connectivity index (χ4v) is 1.11. The third-order valence-corrected chi connectivity index (χ3v) is 1.75. The van der Waals surface area contributed by atoms with Gasteiger partial charge in [0.1, 0.15) is 12.1 Å². The average Bonchev–Trinajstić information content (AvgIpc) is 2.62. The first-order valence-corrected chi connectivity index (χ1v) is 4.37. The minimum Gasteiger partial charge on any atom is -0.363 e. The molecule has 1 N–H and O–H groups in total. The Morgan fingerprint density at radius 3 is 2.93 bits per heavy atom. The molecule has 2 heterocycles. The molecule has 0 aliphatic heterocycles. The van der Waals surface area contributed by atoms with Gasteiger partial charge in [0, 0.05) is 12.1 Å². The van der Waals surface area contributed by atoms with Crippen molar-refractivity contribution < 1.29 is 8.91 Å². The van der Waals surface area contributed by atoms with Crippen LogP contribution in [-0.4, -0.2) is 15.1 Å².